The van der Waals surface area contributed by atoms with E-state index in [2.05, 4.69) is 9.36 Å². The van der Waals surface area contributed by atoms with Gasteiger partial charge in [-0.3, -0.25) is 4.79 Å². The lowest BCUT2D eigenvalue weighted by Crippen LogP contribution is -1.91. The summed E-state index contributed by atoms with van der Waals surface area (Å²) in [5.74, 6) is 0.802. The van der Waals surface area contributed by atoms with Gasteiger partial charge in [-0.1, -0.05) is 45.5 Å². The molecule has 18 heavy (non-hydrogen) atoms. The van der Waals surface area contributed by atoms with Crippen LogP contribution in [0.25, 0.3) is 11.4 Å². The summed E-state index contributed by atoms with van der Waals surface area (Å²) < 4.78 is 4.21. The Balaban J connectivity index is 0.000000917. The molecule has 1 heterocycles. The van der Waals surface area contributed by atoms with E-state index >= 15 is 0 Å². The molecule has 0 fully saturated rings. The average molecular weight is 264 g/mol. The molecule has 4 heteroatoms. The van der Waals surface area contributed by atoms with E-state index in [1.807, 2.05) is 32.9 Å². The molecule has 2 rings (SSSR count). The molecule has 0 N–H and O–H groups in total. The number of benzene rings is 1. The van der Waals surface area contributed by atoms with Crippen molar-refractivity contribution in [3.8, 4) is 11.4 Å². The van der Waals surface area contributed by atoms with Gasteiger partial charge in [0.25, 0.3) is 0 Å². The first-order valence-electron chi connectivity index (χ1n) is 5.58. The zero-order chi connectivity index (χ0) is 12.8. The van der Waals surface area contributed by atoms with E-state index in [4.69, 9.17) is 0 Å². The second-order valence-electron chi connectivity index (χ2n) is 3.27. The van der Waals surface area contributed by atoms with Crippen molar-refractivity contribution in [3.63, 3.8) is 0 Å². The zero-order valence-corrected chi connectivity index (χ0v) is 11.3. The lowest BCUT2D eigenvalue weighted by molar-refractivity contribution is 0.101. The predicted octanol–water partition coefficient (Wildman–Crippen LogP) is 4.38. The molecule has 0 aliphatic carbocycles. The minimum Gasteiger partial charge on any atom is -0.295 e. The van der Waals surface area contributed by atoms with Crippen molar-refractivity contribution in [2.45, 2.75) is 35.1 Å². The first-order valence-corrected chi connectivity index (χ1v) is 6.36. The van der Waals surface area contributed by atoms with Crippen molar-refractivity contribution in [2.75, 3.05) is 0 Å². The topological polar surface area (TPSA) is 42.9 Å². The van der Waals surface area contributed by atoms with E-state index in [1.54, 1.807) is 19.1 Å². The molecule has 3 nitrogen and oxygen atoms in total. The van der Waals surface area contributed by atoms with Gasteiger partial charge < -0.3 is 0 Å². The van der Waals surface area contributed by atoms with Crippen LogP contribution >= 0.6 is 11.5 Å². The van der Waals surface area contributed by atoms with E-state index in [0.29, 0.717) is 5.56 Å². The summed E-state index contributed by atoms with van der Waals surface area (Å²) >= 11 is 1.38. The predicted molar refractivity (Wildman–Crippen MR) is 78.2 cm³/mol. The Labute approximate surface area is 113 Å². The van der Waals surface area contributed by atoms with E-state index in [-0.39, 0.29) is 13.2 Å². The third kappa shape index (κ3) is 4.04. The van der Waals surface area contributed by atoms with Gasteiger partial charge in [-0.2, -0.15) is 4.37 Å². The Morgan fingerprint density at radius 2 is 1.72 bits per heavy atom. The van der Waals surface area contributed by atoms with Crippen LogP contribution in [0.3, 0.4) is 0 Å². The van der Waals surface area contributed by atoms with Crippen molar-refractivity contribution in [3.05, 3.63) is 34.8 Å². The summed E-state index contributed by atoms with van der Waals surface area (Å²) in [5.41, 5.74) is 1.66. The van der Waals surface area contributed by atoms with Gasteiger partial charge in [-0.05, 0) is 25.4 Å². The highest BCUT2D eigenvalue weighted by Crippen LogP contribution is 2.18. The lowest BCUT2D eigenvalue weighted by atomic mass is 10.1. The van der Waals surface area contributed by atoms with E-state index in [9.17, 15) is 4.79 Å². The van der Waals surface area contributed by atoms with E-state index in [1.165, 1.54) is 11.5 Å². The van der Waals surface area contributed by atoms with E-state index in [0.717, 1.165) is 16.4 Å². The Bertz CT molecular complexity index is 489. The molecular formula is C14H20N2OS. The summed E-state index contributed by atoms with van der Waals surface area (Å²) in [6.07, 6.45) is 0. The maximum absolute atomic E-state index is 11.1. The molecule has 0 unspecified atom stereocenters. The van der Waals surface area contributed by atoms with E-state index < -0.39 is 0 Å². The summed E-state index contributed by atoms with van der Waals surface area (Å²) in [6, 6.07) is 7.35. The second-order valence-corrected chi connectivity index (χ2v) is 4.23. The van der Waals surface area contributed by atoms with Crippen LogP contribution in [0.2, 0.25) is 0 Å². The second kappa shape index (κ2) is 7.71. The Morgan fingerprint density at radius 1 is 1.17 bits per heavy atom. The van der Waals surface area contributed by atoms with Gasteiger partial charge in [-0.25, -0.2) is 4.98 Å². The van der Waals surface area contributed by atoms with Crippen LogP contribution in [0.4, 0.5) is 0 Å². The van der Waals surface area contributed by atoms with Crippen molar-refractivity contribution < 1.29 is 4.79 Å². The number of aromatic nitrogens is 2. The fourth-order valence-electron chi connectivity index (χ4n) is 1.27. The highest BCUT2D eigenvalue weighted by Gasteiger charge is 2.04. The molecule has 1 aromatic carbocycles. The van der Waals surface area contributed by atoms with Gasteiger partial charge in [0, 0.05) is 11.1 Å². The lowest BCUT2D eigenvalue weighted by Gasteiger charge is -1.97. The minimum atomic E-state index is 0. The van der Waals surface area contributed by atoms with Crippen LogP contribution in [-0.4, -0.2) is 15.1 Å². The average Bonchev–Trinajstić information content (AvgIpc) is 2.79. The van der Waals surface area contributed by atoms with Crippen LogP contribution in [0.1, 0.15) is 43.6 Å². The van der Waals surface area contributed by atoms with Crippen molar-refractivity contribution in [1.29, 1.82) is 0 Å². The minimum absolute atomic E-state index is 0. The molecular weight excluding hydrogens is 244 g/mol. The first kappa shape index (κ1) is 16.4. The number of Topliss-reactive ketones (excluding diaryl/α,β-unsaturated/α-hetero) is 1. The third-order valence-corrected chi connectivity index (χ3v) is 2.70. The number of nitrogens with zero attached hydrogens (tertiary/aromatic N) is 2. The van der Waals surface area contributed by atoms with Crippen molar-refractivity contribution in [2.24, 2.45) is 0 Å². The van der Waals surface area contributed by atoms with Crippen LogP contribution in [-0.2, 0) is 0 Å². The van der Waals surface area contributed by atoms with Gasteiger partial charge in [0.15, 0.2) is 11.6 Å². The Hall–Kier alpha value is -1.55. The molecule has 2 aromatic rings. The highest BCUT2D eigenvalue weighted by atomic mass is 32.1. The molecule has 98 valence electrons. The van der Waals surface area contributed by atoms with Gasteiger partial charge >= 0.3 is 0 Å². The molecule has 0 bridgehead atoms. The number of aryl methyl sites for hydroxylation is 1. The Morgan fingerprint density at radius 3 is 2.11 bits per heavy atom. The normalized spacial score (nSPS) is 8.89. The van der Waals surface area contributed by atoms with Gasteiger partial charge in [0.05, 0.1) is 0 Å². The van der Waals surface area contributed by atoms with Gasteiger partial charge in [0.2, 0.25) is 0 Å². The fraction of sp³-hybridized carbons (Fsp3) is 0.357. The number of hydrogen-bond acceptors (Lipinski definition) is 4. The molecule has 0 saturated heterocycles. The number of carbonyl (C=O) groups excluding carboxylic acids is 1. The summed E-state index contributed by atoms with van der Waals surface area (Å²) in [7, 11) is 0. The van der Waals surface area contributed by atoms with Crippen LogP contribution in [0.5, 0.6) is 0 Å². The smallest absolute Gasteiger partial charge is 0.173 e. The quantitative estimate of drug-likeness (QED) is 0.756. The summed E-state index contributed by atoms with van der Waals surface area (Å²) in [6.45, 7) is 7.48. The number of hydrogen-bond donors (Lipinski definition) is 0. The fourth-order valence-corrected chi connectivity index (χ4v) is 1.76. The SMILES string of the molecule is C.CC.CC(=O)c1ccc(-c2nsc(C)n2)cc1. The molecule has 0 radical (unpaired) electrons. The maximum Gasteiger partial charge on any atom is 0.173 e. The number of carbonyl (C=O) groups is 1. The first-order chi connectivity index (χ1) is 8.16. The third-order valence-electron chi connectivity index (χ3n) is 2.08. The van der Waals surface area contributed by atoms with Crippen molar-refractivity contribution >= 4 is 17.3 Å². The zero-order valence-electron chi connectivity index (χ0n) is 10.5. The molecule has 0 atom stereocenters. The molecule has 0 spiro atoms. The maximum atomic E-state index is 11.1. The largest absolute Gasteiger partial charge is 0.295 e. The molecule has 0 aliphatic rings. The molecule has 0 aliphatic heterocycles. The van der Waals surface area contributed by atoms with Crippen LogP contribution in [0.15, 0.2) is 24.3 Å². The van der Waals surface area contributed by atoms with Crippen molar-refractivity contribution in [1.82, 2.24) is 9.36 Å². The molecule has 0 saturated carbocycles. The van der Waals surface area contributed by atoms with Crippen LogP contribution in [0, 0.1) is 6.92 Å². The van der Waals surface area contributed by atoms with Gasteiger partial charge in [-0.15, -0.1) is 0 Å². The number of rotatable bonds is 2. The Kier molecular flexibility index (Phi) is 7.05. The molecule has 0 amide bonds. The summed E-state index contributed by atoms with van der Waals surface area (Å²) in [4.78, 5) is 15.3. The standard InChI is InChI=1S/C11H10N2OS.C2H6.CH4/c1-7(14)9-3-5-10(6-4-9)11-12-8(2)15-13-11;1-2;/h3-6H,1-2H3;1-2H3;1H4. The van der Waals surface area contributed by atoms with Crippen LogP contribution < -0.4 is 0 Å². The number of ketones is 1. The summed E-state index contributed by atoms with van der Waals surface area (Å²) in [5, 5.41) is 0.945. The monoisotopic (exact) mass is 264 g/mol. The highest BCUT2D eigenvalue weighted by molar-refractivity contribution is 7.05. The molecule has 1 aromatic heterocycles. The van der Waals surface area contributed by atoms with Gasteiger partial charge in [0.1, 0.15) is 5.01 Å².